The Kier molecular flexibility index (Phi) is 4.90. The average Bonchev–Trinajstić information content (AvgIpc) is 3.10. The Morgan fingerprint density at radius 1 is 1.37 bits per heavy atom. The van der Waals surface area contributed by atoms with Crippen LogP contribution in [0.15, 0.2) is 23.1 Å². The molecule has 1 unspecified atom stereocenters. The maximum Gasteiger partial charge on any atom is 0.303 e. The number of hydrogen-bond donors (Lipinski definition) is 1. The molecule has 9 heteroatoms. The number of aryl methyl sites for hydroxylation is 2. The van der Waals surface area contributed by atoms with E-state index in [1.165, 1.54) is 4.31 Å². The van der Waals surface area contributed by atoms with Crippen LogP contribution in [0.3, 0.4) is 0 Å². The predicted molar refractivity (Wildman–Crippen MR) is 99.8 cm³/mol. The highest BCUT2D eigenvalue weighted by atomic mass is 32.2. The number of aromatic nitrogens is 2. The Bertz CT molecular complexity index is 997. The zero-order valence-corrected chi connectivity index (χ0v) is 16.6. The average molecular weight is 393 g/mol. The van der Waals surface area contributed by atoms with E-state index in [9.17, 15) is 13.2 Å². The summed E-state index contributed by atoms with van der Waals surface area (Å²) in [6, 6.07) is 5.22. The molecule has 1 aromatic carbocycles. The predicted octanol–water partition coefficient (Wildman–Crippen LogP) is 2.20. The Morgan fingerprint density at radius 3 is 2.63 bits per heavy atom. The van der Waals surface area contributed by atoms with E-state index in [1.54, 1.807) is 50.9 Å². The van der Waals surface area contributed by atoms with Crippen molar-refractivity contribution < 1.29 is 23.1 Å². The van der Waals surface area contributed by atoms with Crippen LogP contribution in [0, 0.1) is 13.8 Å². The van der Waals surface area contributed by atoms with Crippen molar-refractivity contribution in [2.45, 2.75) is 37.5 Å². The van der Waals surface area contributed by atoms with Gasteiger partial charge < -0.3 is 9.84 Å². The molecular formula is C18H23N3O5S. The molecule has 0 fully saturated rings. The highest BCUT2D eigenvalue weighted by Crippen LogP contribution is 2.43. The first-order chi connectivity index (χ1) is 12.7. The number of methoxy groups -OCH3 is 1. The number of carboxylic acid groups (broad SMARTS) is 1. The third kappa shape index (κ3) is 3.27. The highest BCUT2D eigenvalue weighted by molar-refractivity contribution is 7.93. The zero-order chi connectivity index (χ0) is 19.9. The Morgan fingerprint density at radius 2 is 2.07 bits per heavy atom. The number of rotatable bonds is 6. The van der Waals surface area contributed by atoms with Crippen molar-refractivity contribution in [2.24, 2.45) is 7.05 Å². The van der Waals surface area contributed by atoms with Gasteiger partial charge in [0.2, 0.25) is 0 Å². The first-order valence-corrected chi connectivity index (χ1v) is 10.0. The molecule has 3 rings (SSSR count). The van der Waals surface area contributed by atoms with Crippen molar-refractivity contribution in [3.05, 3.63) is 35.2 Å². The fraction of sp³-hybridized carbons (Fsp3) is 0.444. The van der Waals surface area contributed by atoms with Crippen LogP contribution in [0.4, 0.5) is 5.69 Å². The normalized spacial score (nSPS) is 16.4. The molecule has 0 spiro atoms. The summed E-state index contributed by atoms with van der Waals surface area (Å²) in [7, 11) is -0.572. The molecule has 0 amide bonds. The molecule has 0 aliphatic carbocycles. The van der Waals surface area contributed by atoms with Crippen LogP contribution in [-0.2, 0) is 21.9 Å². The van der Waals surface area contributed by atoms with Gasteiger partial charge in [0.25, 0.3) is 10.0 Å². The van der Waals surface area contributed by atoms with Crippen LogP contribution < -0.4 is 9.04 Å². The lowest BCUT2D eigenvalue weighted by Gasteiger charge is -2.20. The lowest BCUT2D eigenvalue weighted by Crippen LogP contribution is -2.31. The molecule has 2 heterocycles. The lowest BCUT2D eigenvalue weighted by molar-refractivity contribution is -0.137. The van der Waals surface area contributed by atoms with Crippen LogP contribution in [-0.4, -0.2) is 42.9 Å². The summed E-state index contributed by atoms with van der Waals surface area (Å²) in [4.78, 5) is 11.2. The van der Waals surface area contributed by atoms with Crippen molar-refractivity contribution >= 4 is 21.7 Å². The molecule has 8 nitrogen and oxygen atoms in total. The van der Waals surface area contributed by atoms with Gasteiger partial charge in [-0.25, -0.2) is 8.42 Å². The standard InChI is InChI=1S/C18H23N3O5S/c1-11-18(12(2)20(3)19-11)27(24,25)21-10-13(5-8-17(22)23)15-9-14(26-4)6-7-16(15)21/h6-7,9,13H,5,8,10H2,1-4H3,(H,22,23). The topological polar surface area (TPSA) is 102 Å². The number of anilines is 1. The second-order valence-corrected chi connectivity index (χ2v) is 8.51. The van der Waals surface area contributed by atoms with Gasteiger partial charge in [0.1, 0.15) is 10.6 Å². The molecule has 1 aromatic heterocycles. The number of benzene rings is 1. The number of fused-ring (bicyclic) bond motifs is 1. The number of carboxylic acids is 1. The van der Waals surface area contributed by atoms with Gasteiger partial charge in [-0.05, 0) is 44.0 Å². The minimum atomic E-state index is -3.82. The quantitative estimate of drug-likeness (QED) is 0.807. The maximum absolute atomic E-state index is 13.4. The second-order valence-electron chi connectivity index (χ2n) is 6.71. The smallest absolute Gasteiger partial charge is 0.303 e. The summed E-state index contributed by atoms with van der Waals surface area (Å²) in [6.07, 6.45) is 0.326. The van der Waals surface area contributed by atoms with Gasteiger partial charge >= 0.3 is 5.97 Å². The molecule has 146 valence electrons. The Labute approximate surface area is 158 Å². The zero-order valence-electron chi connectivity index (χ0n) is 15.8. The fourth-order valence-electron chi connectivity index (χ4n) is 3.62. The van der Waals surface area contributed by atoms with Gasteiger partial charge in [0.05, 0.1) is 24.2 Å². The molecule has 1 N–H and O–H groups in total. The molecule has 0 radical (unpaired) electrons. The van der Waals surface area contributed by atoms with E-state index >= 15 is 0 Å². The van der Waals surface area contributed by atoms with Crippen LogP contribution in [0.1, 0.15) is 35.7 Å². The molecule has 27 heavy (non-hydrogen) atoms. The summed E-state index contributed by atoms with van der Waals surface area (Å²) < 4.78 is 35.0. The van der Waals surface area contributed by atoms with Crippen molar-refractivity contribution in [2.75, 3.05) is 18.0 Å². The SMILES string of the molecule is COc1ccc2c(c1)C(CCC(=O)O)CN2S(=O)(=O)c1c(C)nn(C)c1C. The second kappa shape index (κ2) is 6.88. The summed E-state index contributed by atoms with van der Waals surface area (Å²) in [6.45, 7) is 3.60. The van der Waals surface area contributed by atoms with E-state index in [0.717, 1.165) is 5.56 Å². The van der Waals surface area contributed by atoms with E-state index in [0.29, 0.717) is 29.2 Å². The van der Waals surface area contributed by atoms with Gasteiger partial charge in [0, 0.05) is 25.9 Å². The van der Waals surface area contributed by atoms with E-state index in [4.69, 9.17) is 9.84 Å². The first kappa shape index (κ1) is 19.2. The summed E-state index contributed by atoms with van der Waals surface area (Å²) in [5.74, 6) is -0.500. The molecule has 0 saturated carbocycles. The van der Waals surface area contributed by atoms with E-state index in [-0.39, 0.29) is 23.8 Å². The van der Waals surface area contributed by atoms with Gasteiger partial charge in [-0.15, -0.1) is 0 Å². The molecule has 0 bridgehead atoms. The fourth-order valence-corrected chi connectivity index (χ4v) is 5.56. The maximum atomic E-state index is 13.4. The first-order valence-electron chi connectivity index (χ1n) is 8.59. The summed E-state index contributed by atoms with van der Waals surface area (Å²) in [5, 5.41) is 13.3. The van der Waals surface area contributed by atoms with Crippen LogP contribution in [0.2, 0.25) is 0 Å². The van der Waals surface area contributed by atoms with Crippen LogP contribution in [0.5, 0.6) is 5.75 Å². The number of aliphatic carboxylic acids is 1. The third-order valence-electron chi connectivity index (χ3n) is 5.03. The van der Waals surface area contributed by atoms with Crippen molar-refractivity contribution in [3.63, 3.8) is 0 Å². The summed E-state index contributed by atoms with van der Waals surface area (Å²) >= 11 is 0. The minimum Gasteiger partial charge on any atom is -0.497 e. The van der Waals surface area contributed by atoms with Crippen molar-refractivity contribution in [1.82, 2.24) is 9.78 Å². The minimum absolute atomic E-state index is 0.0276. The highest BCUT2D eigenvalue weighted by Gasteiger charge is 2.39. The van der Waals surface area contributed by atoms with Crippen LogP contribution in [0.25, 0.3) is 0 Å². The van der Waals surface area contributed by atoms with Crippen molar-refractivity contribution in [1.29, 1.82) is 0 Å². The summed E-state index contributed by atoms with van der Waals surface area (Å²) in [5.41, 5.74) is 2.36. The van der Waals surface area contributed by atoms with Gasteiger partial charge in [-0.3, -0.25) is 13.8 Å². The van der Waals surface area contributed by atoms with Crippen molar-refractivity contribution in [3.8, 4) is 5.75 Å². The van der Waals surface area contributed by atoms with Gasteiger partial charge in [0.15, 0.2) is 0 Å². The molecule has 2 aromatic rings. The Balaban J connectivity index is 2.08. The van der Waals surface area contributed by atoms with E-state index in [1.807, 2.05) is 0 Å². The molecule has 0 saturated heterocycles. The molecule has 1 atom stereocenters. The molecule has 1 aliphatic heterocycles. The monoisotopic (exact) mass is 393 g/mol. The largest absolute Gasteiger partial charge is 0.497 e. The third-order valence-corrected chi connectivity index (χ3v) is 7.06. The number of sulfonamides is 1. The van der Waals surface area contributed by atoms with Crippen LogP contribution >= 0.6 is 0 Å². The number of nitrogens with zero attached hydrogens (tertiary/aromatic N) is 3. The van der Waals surface area contributed by atoms with Gasteiger partial charge in [-0.1, -0.05) is 0 Å². The number of carbonyl (C=O) groups is 1. The van der Waals surface area contributed by atoms with E-state index in [2.05, 4.69) is 5.10 Å². The Hall–Kier alpha value is -2.55. The number of ether oxygens (including phenoxy) is 1. The number of hydrogen-bond acceptors (Lipinski definition) is 5. The molecular weight excluding hydrogens is 370 g/mol. The lowest BCUT2D eigenvalue weighted by atomic mass is 9.96. The molecule has 1 aliphatic rings. The van der Waals surface area contributed by atoms with E-state index < -0.39 is 16.0 Å². The van der Waals surface area contributed by atoms with Gasteiger partial charge in [-0.2, -0.15) is 5.10 Å².